The highest BCUT2D eigenvalue weighted by Gasteiger charge is 2.39. The summed E-state index contributed by atoms with van der Waals surface area (Å²) in [4.78, 5) is 12.2. The second kappa shape index (κ2) is 10.9. The maximum absolute atomic E-state index is 12.2. The van der Waals surface area contributed by atoms with Crippen LogP contribution in [0.15, 0.2) is 0 Å². The van der Waals surface area contributed by atoms with E-state index in [-0.39, 0.29) is 22.3 Å². The van der Waals surface area contributed by atoms with E-state index in [0.717, 1.165) is 25.7 Å². The van der Waals surface area contributed by atoms with Crippen molar-refractivity contribution >= 4 is 22.4 Å². The minimum Gasteiger partial charge on any atom is -0.414 e. The van der Waals surface area contributed by atoms with Gasteiger partial charge in [-0.3, -0.25) is 4.79 Å². The predicted octanol–water partition coefficient (Wildman–Crippen LogP) is 7.72. The summed E-state index contributed by atoms with van der Waals surface area (Å²) >= 11 is 0. The fourth-order valence-electron chi connectivity index (χ4n) is 2.78. The number of rotatable bonds is 12. The number of Topliss-reactive ketones (excluding diaryl/α,β-unsaturated/α-hetero) is 1. The summed E-state index contributed by atoms with van der Waals surface area (Å²) in [6.45, 7) is 27.1. The fraction of sp³-hybridized carbons (Fsp3) is 0.957. The quantitative estimate of drug-likeness (QED) is 0.297. The highest BCUT2D eigenvalue weighted by molar-refractivity contribution is 6.74. The van der Waals surface area contributed by atoms with Gasteiger partial charge in [-0.25, -0.2) is 0 Å². The van der Waals surface area contributed by atoms with Gasteiger partial charge in [-0.15, -0.1) is 0 Å². The summed E-state index contributed by atoms with van der Waals surface area (Å²) in [5, 5.41) is 0.473. The molecule has 0 bridgehead atoms. The molecule has 0 radical (unpaired) electrons. The van der Waals surface area contributed by atoms with E-state index in [1.54, 1.807) is 0 Å². The van der Waals surface area contributed by atoms with Gasteiger partial charge in [-0.2, -0.15) is 0 Å². The monoisotopic (exact) mass is 430 g/mol. The van der Waals surface area contributed by atoms with Crippen molar-refractivity contribution in [2.45, 2.75) is 142 Å². The molecule has 0 rings (SSSR count). The Morgan fingerprint density at radius 2 is 1.00 bits per heavy atom. The smallest absolute Gasteiger partial charge is 0.192 e. The minimum absolute atomic E-state index is 0.236. The average Bonchev–Trinajstić information content (AvgIpc) is 2.43. The van der Waals surface area contributed by atoms with Crippen molar-refractivity contribution in [2.24, 2.45) is 0 Å². The zero-order valence-corrected chi connectivity index (χ0v) is 23.1. The van der Waals surface area contributed by atoms with Crippen LogP contribution in [0.5, 0.6) is 0 Å². The molecule has 0 aromatic carbocycles. The number of hydrogen-bond donors (Lipinski definition) is 0. The summed E-state index contributed by atoms with van der Waals surface area (Å²) in [6, 6.07) is 0. The molecule has 0 amide bonds. The van der Waals surface area contributed by atoms with Gasteiger partial charge < -0.3 is 8.85 Å². The van der Waals surface area contributed by atoms with Gasteiger partial charge >= 0.3 is 0 Å². The first kappa shape index (κ1) is 28.0. The molecule has 0 fully saturated rings. The zero-order chi connectivity index (χ0) is 22.4. The van der Waals surface area contributed by atoms with E-state index in [0.29, 0.717) is 18.6 Å². The van der Waals surface area contributed by atoms with Crippen molar-refractivity contribution in [3.63, 3.8) is 0 Å². The summed E-state index contributed by atoms with van der Waals surface area (Å²) in [5.41, 5.74) is 0. The molecule has 3 nitrogen and oxygen atoms in total. The van der Waals surface area contributed by atoms with E-state index in [9.17, 15) is 4.79 Å². The van der Waals surface area contributed by atoms with Crippen LogP contribution in [0.3, 0.4) is 0 Å². The van der Waals surface area contributed by atoms with Crippen molar-refractivity contribution < 1.29 is 13.6 Å². The van der Waals surface area contributed by atoms with Crippen LogP contribution < -0.4 is 0 Å². The standard InChI is InChI=1S/C23H50O3Si2/c1-19(25-27(9,10)22(3,4)5)15-13-17-21(24)18-14-16-20(2)26-28(11,12)23(6,7)8/h19-20H,13-18H2,1-12H3/t19-,20-/m0/s1. The van der Waals surface area contributed by atoms with Crippen molar-refractivity contribution in [3.05, 3.63) is 0 Å². The Labute approximate surface area is 178 Å². The lowest BCUT2D eigenvalue weighted by molar-refractivity contribution is -0.119. The largest absolute Gasteiger partial charge is 0.414 e. The second-order valence-electron chi connectivity index (χ2n) is 11.7. The number of carbonyl (C=O) groups excluding carboxylic acids is 1. The van der Waals surface area contributed by atoms with Gasteiger partial charge in [-0.1, -0.05) is 41.5 Å². The molecule has 28 heavy (non-hydrogen) atoms. The van der Waals surface area contributed by atoms with Gasteiger partial charge in [0, 0.05) is 25.0 Å². The lowest BCUT2D eigenvalue weighted by atomic mass is 10.1. The molecule has 0 aromatic heterocycles. The lowest BCUT2D eigenvalue weighted by Crippen LogP contribution is -2.43. The maximum atomic E-state index is 12.2. The summed E-state index contributed by atoms with van der Waals surface area (Å²) in [6.07, 6.45) is 5.67. The highest BCUT2D eigenvalue weighted by Crippen LogP contribution is 2.38. The van der Waals surface area contributed by atoms with Gasteiger partial charge in [0.2, 0.25) is 0 Å². The maximum Gasteiger partial charge on any atom is 0.192 e. The van der Waals surface area contributed by atoms with Gasteiger partial charge in [0.1, 0.15) is 5.78 Å². The molecule has 0 aromatic rings. The molecular formula is C23H50O3Si2. The van der Waals surface area contributed by atoms with Gasteiger partial charge in [0.25, 0.3) is 0 Å². The molecule has 0 unspecified atom stereocenters. The Morgan fingerprint density at radius 3 is 1.25 bits per heavy atom. The molecule has 0 saturated heterocycles. The van der Waals surface area contributed by atoms with Gasteiger partial charge in [0.15, 0.2) is 16.6 Å². The SMILES string of the molecule is C[C@@H](CCCC(=O)CCC[C@H](C)O[Si](C)(C)C(C)(C)C)O[Si](C)(C)C(C)(C)C. The van der Waals surface area contributed by atoms with Gasteiger partial charge in [0.05, 0.1) is 0 Å². The van der Waals surface area contributed by atoms with Crippen LogP contribution in [0.4, 0.5) is 0 Å². The molecule has 168 valence electrons. The summed E-state index contributed by atoms with van der Waals surface area (Å²) in [7, 11) is -3.42. The third-order valence-electron chi connectivity index (χ3n) is 6.74. The molecule has 5 heteroatoms. The Balaban J connectivity index is 4.09. The van der Waals surface area contributed by atoms with Crippen LogP contribution in [0.2, 0.25) is 36.3 Å². The number of hydrogen-bond acceptors (Lipinski definition) is 3. The van der Waals surface area contributed by atoms with E-state index >= 15 is 0 Å². The molecule has 0 aliphatic carbocycles. The van der Waals surface area contributed by atoms with Crippen molar-refractivity contribution in [1.82, 2.24) is 0 Å². The Kier molecular flexibility index (Phi) is 10.9. The van der Waals surface area contributed by atoms with Gasteiger partial charge in [-0.05, 0) is 75.8 Å². The van der Waals surface area contributed by atoms with E-state index < -0.39 is 16.6 Å². The Bertz CT molecular complexity index is 431. The molecule has 0 spiro atoms. The third kappa shape index (κ3) is 10.2. The van der Waals surface area contributed by atoms with Crippen molar-refractivity contribution in [3.8, 4) is 0 Å². The second-order valence-corrected chi connectivity index (χ2v) is 21.2. The molecule has 0 saturated carbocycles. The molecular weight excluding hydrogens is 380 g/mol. The molecule has 0 aliphatic heterocycles. The van der Waals surface area contributed by atoms with Crippen molar-refractivity contribution in [2.75, 3.05) is 0 Å². The Morgan fingerprint density at radius 1 is 0.714 bits per heavy atom. The molecule has 0 aliphatic rings. The normalized spacial score (nSPS) is 16.1. The molecule has 0 N–H and O–H groups in total. The number of carbonyl (C=O) groups is 1. The van der Waals surface area contributed by atoms with Crippen LogP contribution in [-0.2, 0) is 13.6 Å². The minimum atomic E-state index is -1.71. The van der Waals surface area contributed by atoms with E-state index in [4.69, 9.17) is 8.85 Å². The zero-order valence-electron chi connectivity index (χ0n) is 21.1. The van der Waals surface area contributed by atoms with E-state index in [1.165, 1.54) is 0 Å². The highest BCUT2D eigenvalue weighted by atomic mass is 28.4. The first-order valence-corrected chi connectivity index (χ1v) is 17.1. The lowest BCUT2D eigenvalue weighted by Gasteiger charge is -2.38. The van der Waals surface area contributed by atoms with E-state index in [2.05, 4.69) is 81.6 Å². The van der Waals surface area contributed by atoms with Crippen LogP contribution in [-0.4, -0.2) is 34.6 Å². The summed E-state index contributed by atoms with van der Waals surface area (Å²) in [5.74, 6) is 0.388. The molecule has 2 atom stereocenters. The van der Waals surface area contributed by atoms with Crippen molar-refractivity contribution in [1.29, 1.82) is 0 Å². The van der Waals surface area contributed by atoms with Crippen LogP contribution in [0.1, 0.15) is 93.9 Å². The summed E-state index contributed by atoms with van der Waals surface area (Å²) < 4.78 is 12.8. The molecule has 0 heterocycles. The number of ketones is 1. The predicted molar refractivity (Wildman–Crippen MR) is 128 cm³/mol. The topological polar surface area (TPSA) is 35.5 Å². The van der Waals surface area contributed by atoms with E-state index in [1.807, 2.05) is 0 Å². The third-order valence-corrected chi connectivity index (χ3v) is 15.9. The van der Waals surface area contributed by atoms with Crippen LogP contribution in [0, 0.1) is 0 Å². The first-order valence-electron chi connectivity index (χ1n) is 11.3. The average molecular weight is 431 g/mol. The van der Waals surface area contributed by atoms with Crippen LogP contribution in [0.25, 0.3) is 0 Å². The van der Waals surface area contributed by atoms with Crippen LogP contribution >= 0.6 is 0 Å². The Hall–Kier alpha value is 0.0238. The first-order chi connectivity index (χ1) is 12.4. The fourth-order valence-corrected chi connectivity index (χ4v) is 5.73.